The number of benzene rings is 8. The second kappa shape index (κ2) is 11.2. The van der Waals surface area contributed by atoms with E-state index < -0.39 is 0 Å². The number of rotatable bonds is 5. The quantitative estimate of drug-likeness (QED) is 0.186. The third-order valence-corrected chi connectivity index (χ3v) is 10.9. The molecule has 0 aliphatic rings. The van der Waals surface area contributed by atoms with Crippen molar-refractivity contribution in [2.75, 3.05) is 4.90 Å². The standard InChI is InChI=1S/C46H29NOS/c1-3-14-30(15-4-1)32-26-28-38(35-19-8-7-18-34(32)35)47(39-22-13-24-42-45(39)36-20-9-11-23-41(36)48-42)40-29-27-33(31-16-5-2-6-17-31)44-37-21-10-12-25-43(37)49-46(40)44/h1-29H. The first-order valence-electron chi connectivity index (χ1n) is 16.6. The number of anilines is 3. The number of hydrogen-bond acceptors (Lipinski definition) is 3. The normalized spacial score (nSPS) is 11.7. The lowest BCUT2D eigenvalue weighted by atomic mass is 9.95. The molecule has 0 saturated carbocycles. The van der Waals surface area contributed by atoms with Crippen LogP contribution in [0.3, 0.4) is 0 Å². The smallest absolute Gasteiger partial charge is 0.137 e. The van der Waals surface area contributed by atoms with Crippen molar-refractivity contribution in [2.24, 2.45) is 0 Å². The molecule has 2 nitrogen and oxygen atoms in total. The Balaban J connectivity index is 1.34. The summed E-state index contributed by atoms with van der Waals surface area (Å²) in [6.07, 6.45) is 0. The summed E-state index contributed by atoms with van der Waals surface area (Å²) < 4.78 is 9.00. The maximum atomic E-state index is 6.47. The highest BCUT2D eigenvalue weighted by Gasteiger charge is 2.25. The van der Waals surface area contributed by atoms with Gasteiger partial charge in [0.25, 0.3) is 0 Å². The Bertz CT molecular complexity index is 2830. The van der Waals surface area contributed by atoms with Crippen LogP contribution < -0.4 is 4.90 Å². The van der Waals surface area contributed by atoms with Gasteiger partial charge in [-0.05, 0) is 64.0 Å². The molecule has 0 amide bonds. The van der Waals surface area contributed by atoms with Crippen molar-refractivity contribution in [3.8, 4) is 22.3 Å². The number of hydrogen-bond donors (Lipinski definition) is 0. The molecule has 0 spiro atoms. The van der Waals surface area contributed by atoms with Gasteiger partial charge in [0.15, 0.2) is 0 Å². The Hall–Kier alpha value is -6.16. The van der Waals surface area contributed by atoms with Gasteiger partial charge in [0.05, 0.1) is 27.1 Å². The minimum absolute atomic E-state index is 0.877. The first-order chi connectivity index (χ1) is 24.3. The average Bonchev–Trinajstić information content (AvgIpc) is 3.75. The number of furan rings is 1. The van der Waals surface area contributed by atoms with Crippen LogP contribution in [0.15, 0.2) is 180 Å². The summed E-state index contributed by atoms with van der Waals surface area (Å²) in [7, 11) is 0. The Labute approximate surface area is 287 Å². The van der Waals surface area contributed by atoms with E-state index in [1.165, 1.54) is 53.2 Å². The van der Waals surface area contributed by atoms with Crippen LogP contribution in [0.1, 0.15) is 0 Å². The summed E-state index contributed by atoms with van der Waals surface area (Å²) in [6, 6.07) is 63.1. The van der Waals surface area contributed by atoms with Crippen LogP contribution in [-0.2, 0) is 0 Å². The van der Waals surface area contributed by atoms with Crippen molar-refractivity contribution in [2.45, 2.75) is 0 Å². The van der Waals surface area contributed by atoms with Gasteiger partial charge in [-0.2, -0.15) is 0 Å². The lowest BCUT2D eigenvalue weighted by Gasteiger charge is -2.29. The molecule has 0 radical (unpaired) electrons. The zero-order chi connectivity index (χ0) is 32.3. The molecule has 2 aromatic heterocycles. The zero-order valence-electron chi connectivity index (χ0n) is 26.5. The van der Waals surface area contributed by atoms with Crippen molar-refractivity contribution >= 4 is 81.3 Å². The number of nitrogens with zero attached hydrogens (tertiary/aromatic N) is 1. The summed E-state index contributed by atoms with van der Waals surface area (Å²) >= 11 is 1.87. The highest BCUT2D eigenvalue weighted by atomic mass is 32.1. The molecule has 10 rings (SSSR count). The SMILES string of the molecule is c1ccc(-c2ccc(N(c3ccc(-c4ccccc4)c4c3sc3ccccc34)c3cccc4oc5ccccc5c34)c3ccccc23)cc1. The molecule has 0 N–H and O–H groups in total. The lowest BCUT2D eigenvalue weighted by molar-refractivity contribution is 0.669. The topological polar surface area (TPSA) is 16.4 Å². The van der Waals surface area contributed by atoms with Gasteiger partial charge in [-0.15, -0.1) is 11.3 Å². The second-order valence-electron chi connectivity index (χ2n) is 12.4. The Morgan fingerprint density at radius 1 is 0.367 bits per heavy atom. The largest absolute Gasteiger partial charge is 0.456 e. The highest BCUT2D eigenvalue weighted by Crippen LogP contribution is 2.51. The maximum Gasteiger partial charge on any atom is 0.137 e. The van der Waals surface area contributed by atoms with Crippen LogP contribution in [0, 0.1) is 0 Å². The summed E-state index contributed by atoms with van der Waals surface area (Å²) in [5, 5.41) is 7.18. The lowest BCUT2D eigenvalue weighted by Crippen LogP contribution is -2.11. The fourth-order valence-corrected chi connectivity index (χ4v) is 8.76. The van der Waals surface area contributed by atoms with Crippen molar-refractivity contribution in [1.29, 1.82) is 0 Å². The molecular formula is C46H29NOS. The van der Waals surface area contributed by atoms with Crippen LogP contribution in [-0.4, -0.2) is 0 Å². The second-order valence-corrected chi connectivity index (χ2v) is 13.5. The molecule has 230 valence electrons. The first-order valence-corrected chi connectivity index (χ1v) is 17.4. The van der Waals surface area contributed by atoms with E-state index in [1.807, 2.05) is 17.4 Å². The Kier molecular flexibility index (Phi) is 6.39. The fraction of sp³-hybridized carbons (Fsp3) is 0. The third kappa shape index (κ3) is 4.40. The summed E-state index contributed by atoms with van der Waals surface area (Å²) in [5.41, 5.74) is 10.0. The van der Waals surface area contributed by atoms with E-state index >= 15 is 0 Å². The van der Waals surface area contributed by atoms with E-state index in [0.29, 0.717) is 0 Å². The summed E-state index contributed by atoms with van der Waals surface area (Å²) in [4.78, 5) is 2.48. The van der Waals surface area contributed by atoms with Crippen molar-refractivity contribution < 1.29 is 4.42 Å². The van der Waals surface area contributed by atoms with E-state index in [-0.39, 0.29) is 0 Å². The van der Waals surface area contributed by atoms with Gasteiger partial charge >= 0.3 is 0 Å². The van der Waals surface area contributed by atoms with Crippen LogP contribution in [0.25, 0.3) is 75.1 Å². The number of thiophene rings is 1. The van der Waals surface area contributed by atoms with Gasteiger partial charge in [-0.3, -0.25) is 0 Å². The van der Waals surface area contributed by atoms with E-state index in [9.17, 15) is 0 Å². The van der Waals surface area contributed by atoms with Gasteiger partial charge in [0.2, 0.25) is 0 Å². The summed E-state index contributed by atoms with van der Waals surface area (Å²) in [6.45, 7) is 0. The molecule has 0 bridgehead atoms. The molecule has 2 heterocycles. The first kappa shape index (κ1) is 27.9. The van der Waals surface area contributed by atoms with E-state index in [4.69, 9.17) is 4.42 Å². The zero-order valence-corrected chi connectivity index (χ0v) is 27.3. The predicted molar refractivity (Wildman–Crippen MR) is 210 cm³/mol. The highest BCUT2D eigenvalue weighted by molar-refractivity contribution is 7.26. The monoisotopic (exact) mass is 643 g/mol. The van der Waals surface area contributed by atoms with Gasteiger partial charge < -0.3 is 9.32 Å². The van der Waals surface area contributed by atoms with Gasteiger partial charge in [-0.25, -0.2) is 0 Å². The molecule has 0 saturated heterocycles. The number of para-hydroxylation sites is 1. The van der Waals surface area contributed by atoms with Crippen LogP contribution >= 0.6 is 11.3 Å². The molecule has 0 aliphatic heterocycles. The Morgan fingerprint density at radius 3 is 1.76 bits per heavy atom. The molecule has 0 fully saturated rings. The molecule has 0 unspecified atom stereocenters. The third-order valence-electron chi connectivity index (χ3n) is 9.68. The average molecular weight is 644 g/mol. The molecule has 0 atom stereocenters. The summed E-state index contributed by atoms with van der Waals surface area (Å²) in [5.74, 6) is 0. The fourth-order valence-electron chi connectivity index (χ4n) is 7.53. The van der Waals surface area contributed by atoms with Crippen LogP contribution in [0.2, 0.25) is 0 Å². The molecule has 0 aliphatic carbocycles. The molecule has 49 heavy (non-hydrogen) atoms. The van der Waals surface area contributed by atoms with E-state index in [0.717, 1.165) is 39.0 Å². The Morgan fingerprint density at radius 2 is 0.959 bits per heavy atom. The van der Waals surface area contributed by atoms with E-state index in [1.54, 1.807) is 0 Å². The predicted octanol–water partition coefficient (Wildman–Crippen LogP) is 13.9. The van der Waals surface area contributed by atoms with Crippen molar-refractivity contribution in [3.63, 3.8) is 0 Å². The maximum absolute atomic E-state index is 6.47. The minimum Gasteiger partial charge on any atom is -0.456 e. The van der Waals surface area contributed by atoms with Gasteiger partial charge in [0, 0.05) is 26.2 Å². The number of fused-ring (bicyclic) bond motifs is 7. The molecule has 8 aromatic carbocycles. The minimum atomic E-state index is 0.877. The van der Waals surface area contributed by atoms with Crippen LogP contribution in [0.4, 0.5) is 17.1 Å². The molecule has 3 heteroatoms. The van der Waals surface area contributed by atoms with Gasteiger partial charge in [-0.1, -0.05) is 140 Å². The molecular weight excluding hydrogens is 615 g/mol. The molecule has 10 aromatic rings. The van der Waals surface area contributed by atoms with Crippen molar-refractivity contribution in [1.82, 2.24) is 0 Å². The van der Waals surface area contributed by atoms with E-state index in [2.05, 4.69) is 175 Å². The van der Waals surface area contributed by atoms with Crippen molar-refractivity contribution in [3.05, 3.63) is 176 Å². The van der Waals surface area contributed by atoms with Crippen LogP contribution in [0.5, 0.6) is 0 Å². The van der Waals surface area contributed by atoms with Gasteiger partial charge in [0.1, 0.15) is 11.2 Å².